The van der Waals surface area contributed by atoms with E-state index in [1.807, 2.05) is 49.5 Å². The van der Waals surface area contributed by atoms with E-state index >= 15 is 0 Å². The minimum Gasteiger partial charge on any atom is -0.456 e. The van der Waals surface area contributed by atoms with Crippen molar-refractivity contribution in [1.82, 2.24) is 9.88 Å². The maximum atomic E-state index is 8.00. The van der Waals surface area contributed by atoms with E-state index in [-0.39, 0.29) is 11.9 Å². The Bertz CT molecular complexity index is 4430. The van der Waals surface area contributed by atoms with Gasteiger partial charge in [-0.15, -0.1) is 0 Å². The highest BCUT2D eigenvalue weighted by molar-refractivity contribution is 6.26. The van der Waals surface area contributed by atoms with Gasteiger partial charge in [-0.2, -0.15) is 0 Å². The van der Waals surface area contributed by atoms with Crippen molar-refractivity contribution >= 4 is 94.4 Å². The lowest BCUT2D eigenvalue weighted by Gasteiger charge is -2.21. The fourth-order valence-corrected chi connectivity index (χ4v) is 11.0. The molecule has 3 aromatic heterocycles. The molecule has 76 heavy (non-hydrogen) atoms. The van der Waals surface area contributed by atoms with Crippen LogP contribution in [0.1, 0.15) is 48.4 Å². The number of nitrogens with one attached hydrogen (secondary N) is 2. The standard InChI is InChI=1S/C37H30N2O.C26H19N3O.C6H8/c1-23-15-18-32-26(21-23)9-7-14-31(32)27-17-19-33-35(22-27)40-34-20-16-24(2)29-12-8-13-30(36(29)39-37(33)34)25(3)38-28-10-5-4-6-11-28;1-29-24-17(8-5-9-20(24)26(27)28)18-12-13-21-23(25(18)29)19-11-10-16(14-22(19)30-21)15-6-3-2-4-7-15;1-2-4-6-5-3-1/h4-10,12-22,28,38H,3,11H2,1-2H3;2-14H,1H3,(H3,27,28);1-4H,5-6H2/b20-16?,24-16+,29-24?,34-20+,39-36?,39-37?;;. The molecule has 0 amide bonds. The molecule has 8 aromatic carbocycles. The monoisotopic (exact) mass is 987 g/mol. The number of aromatic nitrogens is 1. The Balaban J connectivity index is 0.000000142. The molecule has 11 aromatic rings. The Kier molecular flexibility index (Phi) is 12.6. The van der Waals surface area contributed by atoms with Crippen LogP contribution in [0.2, 0.25) is 0 Å². The Hall–Kier alpha value is -9.46. The molecule has 4 heterocycles. The fourth-order valence-electron chi connectivity index (χ4n) is 11.0. The molecule has 0 radical (unpaired) electrons. The molecule has 7 heteroatoms. The summed E-state index contributed by atoms with van der Waals surface area (Å²) in [5, 5.41) is 20.3. The smallest absolute Gasteiger partial charge is 0.153 e. The lowest BCUT2D eigenvalue weighted by Crippen LogP contribution is -2.26. The SMILES string of the molecule is C1=CCCC=C1.C=C(NC1C=CC=CC1)c1cccc2c1N=c1/c(oc3cc(-c4cccc5cc(C)ccc45)ccc13)=C\C=C\2C.Cn1c2c(C(=N)N)cccc2c2ccc3oc4cc(-c5ccccc5)ccc4c3c21. The highest BCUT2D eigenvalue weighted by Gasteiger charge is 2.21. The summed E-state index contributed by atoms with van der Waals surface area (Å²) in [6.07, 6.45) is 24.6. The number of benzene rings is 8. The molecule has 0 spiro atoms. The number of nitrogens with two attached hydrogens (primary N) is 1. The zero-order chi connectivity index (χ0) is 51.9. The predicted molar refractivity (Wildman–Crippen MR) is 319 cm³/mol. The number of furan rings is 2. The summed E-state index contributed by atoms with van der Waals surface area (Å²) in [5.74, 6) is 0.0762. The van der Waals surface area contributed by atoms with E-state index in [0.717, 1.165) is 117 Å². The van der Waals surface area contributed by atoms with Crippen molar-refractivity contribution < 1.29 is 8.83 Å². The van der Waals surface area contributed by atoms with E-state index in [4.69, 9.17) is 25.0 Å². The van der Waals surface area contributed by atoms with Gasteiger partial charge in [0.2, 0.25) is 0 Å². The van der Waals surface area contributed by atoms with Gasteiger partial charge in [0.25, 0.3) is 0 Å². The molecule has 1 atom stereocenters. The minimum absolute atomic E-state index is 0.0762. The van der Waals surface area contributed by atoms with Crippen LogP contribution in [0, 0.1) is 12.3 Å². The second-order valence-electron chi connectivity index (χ2n) is 19.8. The zero-order valence-electron chi connectivity index (χ0n) is 42.9. The molecule has 0 saturated carbocycles. The van der Waals surface area contributed by atoms with Crippen LogP contribution in [0.15, 0.2) is 227 Å². The van der Waals surface area contributed by atoms with Crippen molar-refractivity contribution in [3.63, 3.8) is 0 Å². The highest BCUT2D eigenvalue weighted by Crippen LogP contribution is 2.41. The summed E-state index contributed by atoms with van der Waals surface area (Å²) >= 11 is 0. The van der Waals surface area contributed by atoms with E-state index in [2.05, 4.69) is 200 Å². The lowest BCUT2D eigenvalue weighted by molar-refractivity contribution is 0.573. The molecule has 2 aliphatic carbocycles. The third-order valence-corrected chi connectivity index (χ3v) is 14.8. The van der Waals surface area contributed by atoms with E-state index in [9.17, 15) is 0 Å². The average Bonchev–Trinajstić information content (AvgIpc) is 4.21. The fraction of sp³-hybridized carbons (Fsp3) is 0.101. The maximum absolute atomic E-state index is 8.00. The van der Waals surface area contributed by atoms with E-state index in [1.165, 1.54) is 40.3 Å². The molecule has 1 aliphatic heterocycles. The number of hydrogen-bond acceptors (Lipinski definition) is 5. The van der Waals surface area contributed by atoms with Gasteiger partial charge >= 0.3 is 0 Å². The maximum Gasteiger partial charge on any atom is 0.153 e. The van der Waals surface area contributed by atoms with E-state index < -0.39 is 0 Å². The van der Waals surface area contributed by atoms with Crippen molar-refractivity contribution in [2.75, 3.05) is 0 Å². The van der Waals surface area contributed by atoms with Crippen LogP contribution in [-0.2, 0) is 7.05 Å². The number of nitrogens with zero attached hydrogens (tertiary/aromatic N) is 2. The van der Waals surface area contributed by atoms with Crippen molar-refractivity contribution in [3.05, 3.63) is 246 Å². The van der Waals surface area contributed by atoms with Gasteiger partial charge in [-0.3, -0.25) is 5.41 Å². The largest absolute Gasteiger partial charge is 0.456 e. The Labute approximate surface area is 441 Å². The number of amidine groups is 1. The third-order valence-electron chi connectivity index (χ3n) is 14.8. The zero-order valence-corrected chi connectivity index (χ0v) is 42.9. The topological polar surface area (TPSA) is 105 Å². The van der Waals surface area contributed by atoms with Crippen molar-refractivity contribution in [3.8, 4) is 22.3 Å². The van der Waals surface area contributed by atoms with E-state index in [1.54, 1.807) is 0 Å². The first-order valence-corrected chi connectivity index (χ1v) is 26.0. The Morgan fingerprint density at radius 1 is 0.618 bits per heavy atom. The van der Waals surface area contributed by atoms with Gasteiger partial charge in [-0.05, 0) is 120 Å². The minimum atomic E-state index is 0.0762. The van der Waals surface area contributed by atoms with Crippen LogP contribution >= 0.6 is 0 Å². The number of rotatable bonds is 6. The normalized spacial score (nSPS) is 15.6. The molecule has 370 valence electrons. The number of aryl methyl sites for hydroxylation is 2. The number of fused-ring (bicyclic) bond motifs is 12. The van der Waals surface area contributed by atoms with Crippen LogP contribution in [-0.4, -0.2) is 16.4 Å². The number of allylic oxidation sites excluding steroid dienone is 8. The van der Waals surface area contributed by atoms with Crippen LogP contribution < -0.4 is 21.8 Å². The number of hydrogen-bond donors (Lipinski definition) is 3. The average molecular weight is 988 g/mol. The first-order valence-electron chi connectivity index (χ1n) is 26.0. The molecule has 1 unspecified atom stereocenters. The van der Waals surface area contributed by atoms with Crippen LogP contribution in [0.5, 0.6) is 0 Å². The summed E-state index contributed by atoms with van der Waals surface area (Å²) in [4.78, 5) is 5.28. The highest BCUT2D eigenvalue weighted by atomic mass is 16.3. The number of nitrogen functional groups attached to an aromatic ring is 1. The quantitative estimate of drug-likeness (QED) is 0.114. The molecule has 14 rings (SSSR count). The van der Waals surface area contributed by atoms with Gasteiger partial charge in [0, 0.05) is 57.0 Å². The van der Waals surface area contributed by atoms with Crippen molar-refractivity contribution in [2.24, 2.45) is 17.8 Å². The summed E-state index contributed by atoms with van der Waals surface area (Å²) in [5.41, 5.74) is 22.9. The van der Waals surface area contributed by atoms with Gasteiger partial charge in [0.05, 0.1) is 22.1 Å². The molecular formula is C69H57N5O2. The summed E-state index contributed by atoms with van der Waals surface area (Å²) in [7, 11) is 2.04. The van der Waals surface area contributed by atoms with Gasteiger partial charge in [-0.1, -0.05) is 176 Å². The molecule has 0 saturated heterocycles. The van der Waals surface area contributed by atoms with Crippen LogP contribution in [0.4, 0.5) is 5.69 Å². The Morgan fingerprint density at radius 3 is 2.11 bits per heavy atom. The van der Waals surface area contributed by atoms with Gasteiger partial charge in [0.1, 0.15) is 27.9 Å². The Morgan fingerprint density at radius 2 is 1.32 bits per heavy atom. The first-order chi connectivity index (χ1) is 37.2. The van der Waals surface area contributed by atoms with Crippen molar-refractivity contribution in [2.45, 2.75) is 39.2 Å². The summed E-state index contributed by atoms with van der Waals surface area (Å²) < 4.78 is 14.9. The second kappa shape index (κ2) is 20.1. The first kappa shape index (κ1) is 47.5. The summed E-state index contributed by atoms with van der Waals surface area (Å²) in [6, 6.07) is 52.9. The molecule has 7 nitrogen and oxygen atoms in total. The molecule has 3 aliphatic rings. The number of para-hydroxylation sites is 2. The van der Waals surface area contributed by atoms with Gasteiger partial charge in [-0.25, -0.2) is 4.99 Å². The van der Waals surface area contributed by atoms with E-state index in [0.29, 0.717) is 0 Å². The molecule has 4 N–H and O–H groups in total. The summed E-state index contributed by atoms with van der Waals surface area (Å²) in [6.45, 7) is 8.66. The van der Waals surface area contributed by atoms with Crippen LogP contribution in [0.3, 0.4) is 0 Å². The van der Waals surface area contributed by atoms with Gasteiger partial charge in [0.15, 0.2) is 5.42 Å². The predicted octanol–water partition coefficient (Wildman–Crippen LogP) is 16.2. The van der Waals surface area contributed by atoms with Crippen molar-refractivity contribution in [1.29, 1.82) is 5.41 Å². The van der Waals surface area contributed by atoms with Gasteiger partial charge < -0.3 is 24.5 Å². The molecular weight excluding hydrogens is 931 g/mol. The third kappa shape index (κ3) is 8.86. The van der Waals surface area contributed by atoms with Crippen LogP contribution in [0.25, 0.3) is 105 Å². The molecule has 0 fully saturated rings. The molecule has 0 bridgehead atoms. The lowest BCUT2D eigenvalue weighted by atomic mass is 9.96. The second-order valence-corrected chi connectivity index (χ2v) is 19.8.